The highest BCUT2D eigenvalue weighted by atomic mass is 35.5. The molecule has 0 unspecified atom stereocenters. The number of hydrogen-bond acceptors (Lipinski definition) is 5. The normalized spacial score (nSPS) is 15.1. The third-order valence-corrected chi connectivity index (χ3v) is 8.09. The molecule has 1 aromatic heterocycles. The molecule has 1 fully saturated rings. The maximum Gasteiger partial charge on any atom is 0.243 e. The third-order valence-electron chi connectivity index (χ3n) is 5.94. The van der Waals surface area contributed by atoms with Crippen LogP contribution in [-0.2, 0) is 10.0 Å². The van der Waals surface area contributed by atoms with E-state index in [1.807, 2.05) is 43.3 Å². The predicted molar refractivity (Wildman–Crippen MR) is 132 cm³/mol. The molecule has 2 heterocycles. The molecule has 1 saturated heterocycles. The number of hydrogen-bond donors (Lipinski definition) is 0. The second kappa shape index (κ2) is 8.94. The van der Waals surface area contributed by atoms with E-state index in [0.29, 0.717) is 37.0 Å². The number of fused-ring (bicyclic) bond motifs is 1. The Labute approximate surface area is 202 Å². The summed E-state index contributed by atoms with van der Waals surface area (Å²) in [7, 11) is -3.70. The maximum atomic E-state index is 13.2. The van der Waals surface area contributed by atoms with E-state index in [0.717, 1.165) is 40.0 Å². The van der Waals surface area contributed by atoms with Crippen LogP contribution >= 0.6 is 11.6 Å². The summed E-state index contributed by atoms with van der Waals surface area (Å²) in [6.45, 7) is 3.53. The Hall–Kier alpha value is -3.07. The predicted octanol–water partition coefficient (Wildman–Crippen LogP) is 4.91. The first kappa shape index (κ1) is 22.7. The molecule has 1 aliphatic rings. The highest BCUT2D eigenvalue weighted by Crippen LogP contribution is 2.31. The number of rotatable bonds is 4. The summed E-state index contributed by atoms with van der Waals surface area (Å²) < 4.78 is 40.7. The highest BCUT2D eigenvalue weighted by molar-refractivity contribution is 7.89. The van der Waals surface area contributed by atoms with Crippen LogP contribution in [0, 0.1) is 12.7 Å². The van der Waals surface area contributed by atoms with Gasteiger partial charge in [-0.3, -0.25) is 0 Å². The molecule has 0 saturated carbocycles. The standard InChI is InChI=1S/C25H22ClFN4O2S/c1-17-2-4-18(5-3-17)24-28-23-16-19(26)6-11-22(23)25(29-24)30-12-14-31(15-13-30)34(32,33)21-9-7-20(27)8-10-21/h2-11,16H,12-15H2,1H3. The van der Waals surface area contributed by atoms with Crippen LogP contribution in [0.5, 0.6) is 0 Å². The number of benzene rings is 3. The van der Waals surface area contributed by atoms with E-state index >= 15 is 0 Å². The molecular formula is C25H22ClFN4O2S. The monoisotopic (exact) mass is 496 g/mol. The number of piperazine rings is 1. The minimum absolute atomic E-state index is 0.0890. The van der Waals surface area contributed by atoms with Crippen molar-refractivity contribution in [1.29, 1.82) is 0 Å². The first-order valence-corrected chi connectivity index (χ1v) is 12.7. The van der Waals surface area contributed by atoms with E-state index in [1.165, 1.54) is 16.4 Å². The van der Waals surface area contributed by atoms with E-state index in [1.54, 1.807) is 6.07 Å². The molecule has 9 heteroatoms. The van der Waals surface area contributed by atoms with E-state index < -0.39 is 15.8 Å². The maximum absolute atomic E-state index is 13.2. The molecule has 4 aromatic rings. The number of aryl methyl sites for hydroxylation is 1. The van der Waals surface area contributed by atoms with Gasteiger partial charge in [-0.2, -0.15) is 4.31 Å². The average Bonchev–Trinajstić information content (AvgIpc) is 2.84. The van der Waals surface area contributed by atoms with E-state index in [-0.39, 0.29) is 4.90 Å². The summed E-state index contributed by atoms with van der Waals surface area (Å²) in [6.07, 6.45) is 0. The van der Waals surface area contributed by atoms with Gasteiger partial charge in [0.2, 0.25) is 10.0 Å². The first-order valence-electron chi connectivity index (χ1n) is 10.9. The zero-order chi connectivity index (χ0) is 23.9. The van der Waals surface area contributed by atoms with E-state index in [4.69, 9.17) is 21.6 Å². The summed E-state index contributed by atoms with van der Waals surface area (Å²) >= 11 is 6.24. The van der Waals surface area contributed by atoms with Crippen LogP contribution in [0.3, 0.4) is 0 Å². The lowest BCUT2D eigenvalue weighted by Gasteiger charge is -2.35. The van der Waals surface area contributed by atoms with E-state index in [9.17, 15) is 12.8 Å². The van der Waals surface area contributed by atoms with E-state index in [2.05, 4.69) is 4.90 Å². The molecule has 0 atom stereocenters. The van der Waals surface area contributed by atoms with Crippen molar-refractivity contribution in [2.75, 3.05) is 31.1 Å². The molecule has 3 aromatic carbocycles. The fraction of sp³-hybridized carbons (Fsp3) is 0.200. The summed E-state index contributed by atoms with van der Waals surface area (Å²) in [6, 6.07) is 18.4. The number of anilines is 1. The lowest BCUT2D eigenvalue weighted by Crippen LogP contribution is -2.49. The zero-order valence-electron chi connectivity index (χ0n) is 18.4. The number of aromatic nitrogens is 2. The SMILES string of the molecule is Cc1ccc(-c2nc(N3CCN(S(=O)(=O)c4ccc(F)cc4)CC3)c3ccc(Cl)cc3n2)cc1. The number of sulfonamides is 1. The molecule has 0 N–H and O–H groups in total. The van der Waals surface area contributed by atoms with Crippen molar-refractivity contribution >= 4 is 38.3 Å². The Balaban J connectivity index is 1.46. The van der Waals surface area contributed by atoms with Crippen LogP contribution in [0.1, 0.15) is 5.56 Å². The smallest absolute Gasteiger partial charge is 0.243 e. The Morgan fingerprint density at radius 1 is 0.882 bits per heavy atom. The first-order chi connectivity index (χ1) is 16.3. The second-order valence-electron chi connectivity index (χ2n) is 8.24. The number of nitrogens with zero attached hydrogens (tertiary/aromatic N) is 4. The Morgan fingerprint density at radius 2 is 1.56 bits per heavy atom. The van der Waals surface area contributed by atoms with Crippen molar-refractivity contribution in [2.24, 2.45) is 0 Å². The summed E-state index contributed by atoms with van der Waals surface area (Å²) in [5, 5.41) is 1.44. The molecule has 174 valence electrons. The van der Waals surface area contributed by atoms with Gasteiger partial charge in [0.25, 0.3) is 0 Å². The lowest BCUT2D eigenvalue weighted by atomic mass is 10.1. The van der Waals surface area contributed by atoms with Crippen LogP contribution in [0.15, 0.2) is 71.6 Å². The summed E-state index contributed by atoms with van der Waals surface area (Å²) in [4.78, 5) is 11.8. The topological polar surface area (TPSA) is 66.4 Å². The summed E-state index contributed by atoms with van der Waals surface area (Å²) in [5.41, 5.74) is 2.77. The van der Waals surface area contributed by atoms with Crippen molar-refractivity contribution < 1.29 is 12.8 Å². The van der Waals surface area contributed by atoms with Gasteiger partial charge in [0.1, 0.15) is 11.6 Å². The van der Waals surface area contributed by atoms with Gasteiger partial charge in [-0.1, -0.05) is 41.4 Å². The molecule has 0 aliphatic carbocycles. The zero-order valence-corrected chi connectivity index (χ0v) is 20.0. The lowest BCUT2D eigenvalue weighted by molar-refractivity contribution is 0.384. The molecule has 5 rings (SSSR count). The van der Waals surface area contributed by atoms with Gasteiger partial charge >= 0.3 is 0 Å². The molecule has 1 aliphatic heterocycles. The van der Waals surface area contributed by atoms with Crippen molar-refractivity contribution in [3.05, 3.63) is 83.1 Å². The van der Waals surface area contributed by atoms with Crippen molar-refractivity contribution in [3.63, 3.8) is 0 Å². The van der Waals surface area contributed by atoms with Gasteiger partial charge in [-0.25, -0.2) is 22.8 Å². The van der Waals surface area contributed by atoms with Gasteiger partial charge in [-0.15, -0.1) is 0 Å². The Bertz CT molecular complexity index is 1450. The van der Waals surface area contributed by atoms with Crippen LogP contribution in [0.2, 0.25) is 5.02 Å². The van der Waals surface area contributed by atoms with Crippen LogP contribution in [0.25, 0.3) is 22.3 Å². The fourth-order valence-electron chi connectivity index (χ4n) is 4.05. The highest BCUT2D eigenvalue weighted by Gasteiger charge is 2.30. The minimum Gasteiger partial charge on any atom is -0.353 e. The fourth-order valence-corrected chi connectivity index (χ4v) is 5.64. The Morgan fingerprint density at radius 3 is 2.24 bits per heavy atom. The average molecular weight is 497 g/mol. The molecule has 34 heavy (non-hydrogen) atoms. The molecule has 0 spiro atoms. The molecule has 0 amide bonds. The van der Waals surface area contributed by atoms with Gasteiger partial charge < -0.3 is 4.90 Å². The minimum atomic E-state index is -3.70. The molecule has 6 nitrogen and oxygen atoms in total. The summed E-state index contributed by atoms with van der Waals surface area (Å²) in [5.74, 6) is 0.867. The van der Waals surface area contributed by atoms with Gasteiger partial charge in [0.15, 0.2) is 5.82 Å². The largest absolute Gasteiger partial charge is 0.353 e. The molecule has 0 radical (unpaired) electrons. The third kappa shape index (κ3) is 4.36. The van der Waals surface area contributed by atoms with Crippen LogP contribution in [0.4, 0.5) is 10.2 Å². The van der Waals surface area contributed by atoms with Crippen molar-refractivity contribution in [2.45, 2.75) is 11.8 Å². The van der Waals surface area contributed by atoms with Gasteiger partial charge in [0, 0.05) is 42.2 Å². The second-order valence-corrected chi connectivity index (χ2v) is 10.6. The van der Waals surface area contributed by atoms with Gasteiger partial charge in [-0.05, 0) is 49.4 Å². The molecule has 0 bridgehead atoms. The van der Waals surface area contributed by atoms with Crippen molar-refractivity contribution in [3.8, 4) is 11.4 Å². The Kier molecular flexibility index (Phi) is 5.97. The van der Waals surface area contributed by atoms with Crippen LogP contribution in [-0.4, -0.2) is 48.9 Å². The van der Waals surface area contributed by atoms with Crippen molar-refractivity contribution in [1.82, 2.24) is 14.3 Å². The number of halogens is 2. The quantitative estimate of drug-likeness (QED) is 0.401. The molecular weight excluding hydrogens is 475 g/mol. The van der Waals surface area contributed by atoms with Crippen LogP contribution < -0.4 is 4.90 Å². The van der Waals surface area contributed by atoms with Gasteiger partial charge in [0.05, 0.1) is 10.4 Å².